The van der Waals surface area contributed by atoms with Crippen LogP contribution in [0.2, 0.25) is 0 Å². The average Bonchev–Trinajstić information content (AvgIpc) is 2.60. The van der Waals surface area contributed by atoms with Gasteiger partial charge in [-0.2, -0.15) is 5.10 Å². The Labute approximate surface area is 95.9 Å². The summed E-state index contributed by atoms with van der Waals surface area (Å²) in [7, 11) is 0. The lowest BCUT2D eigenvalue weighted by atomic mass is 10.2. The highest BCUT2D eigenvalue weighted by molar-refractivity contribution is 5.33. The number of hydrogen-bond donors (Lipinski definition) is 1. The number of rotatable bonds is 3. The minimum absolute atomic E-state index is 0.151. The van der Waals surface area contributed by atoms with Crippen LogP contribution in [0.5, 0.6) is 0 Å². The molecule has 16 heavy (non-hydrogen) atoms. The number of hydrogen-bond acceptors (Lipinski definition) is 2. The van der Waals surface area contributed by atoms with Gasteiger partial charge in [0.2, 0.25) is 0 Å². The lowest BCUT2D eigenvalue weighted by molar-refractivity contribution is 0.687. The molecule has 0 aliphatic carbocycles. The molecule has 0 radical (unpaired) electrons. The van der Waals surface area contributed by atoms with Crippen molar-refractivity contribution in [3.63, 3.8) is 0 Å². The third-order valence-electron chi connectivity index (χ3n) is 2.44. The van der Waals surface area contributed by atoms with Crippen molar-refractivity contribution >= 4 is 0 Å². The first-order valence-corrected chi connectivity index (χ1v) is 5.53. The summed E-state index contributed by atoms with van der Waals surface area (Å²) in [6.45, 7) is 4.02. The van der Waals surface area contributed by atoms with Crippen molar-refractivity contribution in [1.82, 2.24) is 9.78 Å². The maximum absolute atomic E-state index is 5.84. The maximum atomic E-state index is 5.84. The quantitative estimate of drug-likeness (QED) is 0.851. The first-order chi connectivity index (χ1) is 7.66. The highest BCUT2D eigenvalue weighted by Crippen LogP contribution is 2.13. The molecule has 2 rings (SSSR count). The van der Waals surface area contributed by atoms with E-state index in [1.807, 2.05) is 36.7 Å². The molecule has 0 unspecified atom stereocenters. The van der Waals surface area contributed by atoms with Crippen molar-refractivity contribution in [1.29, 1.82) is 0 Å². The number of nitrogens with two attached hydrogens (primary N) is 1. The van der Waals surface area contributed by atoms with Crippen molar-refractivity contribution in [3.8, 4) is 5.69 Å². The van der Waals surface area contributed by atoms with Crippen LogP contribution in [0.3, 0.4) is 0 Å². The maximum Gasteiger partial charge on any atom is 0.0648 e. The van der Waals surface area contributed by atoms with Crippen LogP contribution in [0.4, 0.5) is 0 Å². The second-order valence-electron chi connectivity index (χ2n) is 4.21. The fraction of sp³-hybridized carbons (Fsp3) is 0.308. The van der Waals surface area contributed by atoms with Gasteiger partial charge < -0.3 is 5.73 Å². The van der Waals surface area contributed by atoms with Gasteiger partial charge in [0.25, 0.3) is 0 Å². The standard InChI is InChI=1S/C13H17N3/c1-10(14)8-13-9-11(2)15-16(13)12-6-4-3-5-7-12/h3-7,9-10H,8,14H2,1-2H3/t10-/m1/s1. The lowest BCUT2D eigenvalue weighted by Crippen LogP contribution is -2.19. The van der Waals surface area contributed by atoms with Crippen molar-refractivity contribution in [2.24, 2.45) is 5.73 Å². The molecular formula is C13H17N3. The zero-order chi connectivity index (χ0) is 11.5. The molecule has 0 fully saturated rings. The van der Waals surface area contributed by atoms with Gasteiger partial charge in [-0.25, -0.2) is 4.68 Å². The number of aryl methyl sites for hydroxylation is 1. The van der Waals surface area contributed by atoms with Crippen LogP contribution >= 0.6 is 0 Å². The molecule has 1 aromatic heterocycles. The molecule has 0 saturated heterocycles. The molecule has 0 spiro atoms. The molecule has 0 saturated carbocycles. The zero-order valence-electron chi connectivity index (χ0n) is 9.72. The van der Waals surface area contributed by atoms with Gasteiger partial charge in [-0.15, -0.1) is 0 Å². The molecule has 1 atom stereocenters. The van der Waals surface area contributed by atoms with Crippen LogP contribution in [0.15, 0.2) is 36.4 Å². The van der Waals surface area contributed by atoms with Gasteiger partial charge in [0.05, 0.1) is 11.4 Å². The zero-order valence-corrected chi connectivity index (χ0v) is 9.72. The monoisotopic (exact) mass is 215 g/mol. The molecule has 1 heterocycles. The third kappa shape index (κ3) is 2.31. The van der Waals surface area contributed by atoms with E-state index in [2.05, 4.69) is 23.3 Å². The predicted octanol–water partition coefficient (Wildman–Crippen LogP) is 2.07. The molecule has 1 aromatic carbocycles. The van der Waals surface area contributed by atoms with E-state index in [1.165, 1.54) is 5.69 Å². The van der Waals surface area contributed by atoms with E-state index in [0.717, 1.165) is 17.8 Å². The normalized spacial score (nSPS) is 12.7. The number of para-hydroxylation sites is 1. The second kappa shape index (κ2) is 4.49. The van der Waals surface area contributed by atoms with Crippen LogP contribution in [-0.2, 0) is 6.42 Å². The molecule has 3 heteroatoms. The van der Waals surface area contributed by atoms with Crippen LogP contribution in [0.1, 0.15) is 18.3 Å². The van der Waals surface area contributed by atoms with Gasteiger partial charge in [-0.3, -0.25) is 0 Å². The van der Waals surface area contributed by atoms with E-state index in [-0.39, 0.29) is 6.04 Å². The Bertz CT molecular complexity index is 457. The SMILES string of the molecule is Cc1cc(C[C@@H](C)N)n(-c2ccccc2)n1. The van der Waals surface area contributed by atoms with E-state index in [0.29, 0.717) is 0 Å². The number of benzene rings is 1. The topological polar surface area (TPSA) is 43.8 Å². The molecule has 0 aliphatic heterocycles. The minimum Gasteiger partial charge on any atom is -0.328 e. The molecule has 84 valence electrons. The Kier molecular flexibility index (Phi) is 3.06. The van der Waals surface area contributed by atoms with Gasteiger partial charge in [-0.05, 0) is 32.0 Å². The van der Waals surface area contributed by atoms with Crippen LogP contribution in [0, 0.1) is 6.92 Å². The Morgan fingerprint density at radius 2 is 2.00 bits per heavy atom. The highest BCUT2D eigenvalue weighted by Gasteiger charge is 2.08. The van der Waals surface area contributed by atoms with Gasteiger partial charge >= 0.3 is 0 Å². The summed E-state index contributed by atoms with van der Waals surface area (Å²) < 4.78 is 1.97. The van der Waals surface area contributed by atoms with Crippen LogP contribution in [0.25, 0.3) is 5.69 Å². The van der Waals surface area contributed by atoms with E-state index in [4.69, 9.17) is 5.73 Å². The summed E-state index contributed by atoms with van der Waals surface area (Å²) in [6.07, 6.45) is 0.843. The minimum atomic E-state index is 0.151. The Hall–Kier alpha value is -1.61. The van der Waals surface area contributed by atoms with Gasteiger partial charge in [0.1, 0.15) is 0 Å². The molecule has 2 N–H and O–H groups in total. The number of aromatic nitrogens is 2. The first-order valence-electron chi connectivity index (χ1n) is 5.53. The summed E-state index contributed by atoms with van der Waals surface area (Å²) >= 11 is 0. The smallest absolute Gasteiger partial charge is 0.0648 e. The summed E-state index contributed by atoms with van der Waals surface area (Å²) in [5.74, 6) is 0. The molecule has 0 amide bonds. The average molecular weight is 215 g/mol. The highest BCUT2D eigenvalue weighted by atomic mass is 15.3. The summed E-state index contributed by atoms with van der Waals surface area (Å²) in [4.78, 5) is 0. The van der Waals surface area contributed by atoms with Gasteiger partial charge in [0, 0.05) is 18.2 Å². The Morgan fingerprint density at radius 3 is 2.62 bits per heavy atom. The Balaban J connectivity index is 2.40. The second-order valence-corrected chi connectivity index (χ2v) is 4.21. The summed E-state index contributed by atoms with van der Waals surface area (Å²) in [5.41, 5.74) is 9.12. The molecular weight excluding hydrogens is 198 g/mol. The van der Waals surface area contributed by atoms with Crippen LogP contribution in [-0.4, -0.2) is 15.8 Å². The first kappa shape index (κ1) is 10.9. The third-order valence-corrected chi connectivity index (χ3v) is 2.44. The van der Waals surface area contributed by atoms with Crippen molar-refractivity contribution < 1.29 is 0 Å². The fourth-order valence-corrected chi connectivity index (χ4v) is 1.82. The summed E-state index contributed by atoms with van der Waals surface area (Å²) in [6, 6.07) is 12.4. The van der Waals surface area contributed by atoms with E-state index in [1.54, 1.807) is 0 Å². The van der Waals surface area contributed by atoms with Crippen LogP contribution < -0.4 is 5.73 Å². The lowest BCUT2D eigenvalue weighted by Gasteiger charge is -2.08. The largest absolute Gasteiger partial charge is 0.328 e. The van der Waals surface area contributed by atoms with E-state index < -0.39 is 0 Å². The van der Waals surface area contributed by atoms with E-state index >= 15 is 0 Å². The number of nitrogens with zero attached hydrogens (tertiary/aromatic N) is 2. The molecule has 2 aromatic rings. The molecule has 0 bridgehead atoms. The Morgan fingerprint density at radius 1 is 1.31 bits per heavy atom. The van der Waals surface area contributed by atoms with E-state index in [9.17, 15) is 0 Å². The van der Waals surface area contributed by atoms with Gasteiger partial charge in [0.15, 0.2) is 0 Å². The molecule has 3 nitrogen and oxygen atoms in total. The predicted molar refractivity (Wildman–Crippen MR) is 65.7 cm³/mol. The fourth-order valence-electron chi connectivity index (χ4n) is 1.82. The van der Waals surface area contributed by atoms with Gasteiger partial charge in [-0.1, -0.05) is 18.2 Å². The summed E-state index contributed by atoms with van der Waals surface area (Å²) in [5, 5.41) is 4.50. The van der Waals surface area contributed by atoms with Crippen molar-refractivity contribution in [3.05, 3.63) is 47.8 Å². The van der Waals surface area contributed by atoms with Crippen molar-refractivity contribution in [2.45, 2.75) is 26.3 Å². The van der Waals surface area contributed by atoms with Crippen molar-refractivity contribution in [2.75, 3.05) is 0 Å². The molecule has 0 aliphatic rings.